The second-order valence-corrected chi connectivity index (χ2v) is 14.1. The Hall–Kier alpha value is -1.17. The van der Waals surface area contributed by atoms with Gasteiger partial charge in [0, 0.05) is 16.9 Å². The summed E-state index contributed by atoms with van der Waals surface area (Å²) in [6.45, 7) is 15.4. The topological polar surface area (TPSA) is 87.0 Å². The van der Waals surface area contributed by atoms with Gasteiger partial charge in [-0.05, 0) is 92.4 Å². The largest absolute Gasteiger partial charge is 0.466 e. The second-order valence-electron chi connectivity index (χ2n) is 14.1. The molecule has 0 aromatic carbocycles. The van der Waals surface area contributed by atoms with Crippen LogP contribution in [0, 0.1) is 39.4 Å². The molecule has 9 atom stereocenters. The summed E-state index contributed by atoms with van der Waals surface area (Å²) in [5.41, 5.74) is 0.685. The second kappa shape index (κ2) is 8.95. The van der Waals surface area contributed by atoms with Crippen LogP contribution in [0.25, 0.3) is 0 Å². The molecule has 0 aromatic rings. The average molecular weight is 503 g/mol. The highest BCUT2D eigenvalue weighted by Crippen LogP contribution is 2.72. The van der Waals surface area contributed by atoms with Crippen molar-refractivity contribution in [3.8, 4) is 0 Å². The first-order valence-corrected chi connectivity index (χ1v) is 14.1. The molecule has 0 amide bonds. The van der Waals surface area contributed by atoms with Gasteiger partial charge in [0.1, 0.15) is 0 Å². The lowest BCUT2D eigenvalue weighted by molar-refractivity contribution is -0.243. The summed E-state index contributed by atoms with van der Waals surface area (Å²) in [4.78, 5) is 11.8. The van der Waals surface area contributed by atoms with E-state index in [2.05, 4.69) is 47.6 Å². The highest BCUT2D eigenvalue weighted by atomic mass is 16.5. The van der Waals surface area contributed by atoms with Crippen LogP contribution >= 0.6 is 0 Å². The number of aliphatic hydroxyl groups excluding tert-OH is 2. The van der Waals surface area contributed by atoms with Crippen molar-refractivity contribution in [3.05, 3.63) is 23.3 Å². The fourth-order valence-electron chi connectivity index (χ4n) is 9.54. The van der Waals surface area contributed by atoms with E-state index in [1.165, 1.54) is 12.7 Å². The number of ether oxygens (including phenoxy) is 1. The summed E-state index contributed by atoms with van der Waals surface area (Å²) in [6.07, 6.45) is 9.97. The van der Waals surface area contributed by atoms with E-state index < -0.39 is 17.7 Å². The molecule has 0 heterocycles. The van der Waals surface area contributed by atoms with E-state index >= 15 is 0 Å². The summed E-state index contributed by atoms with van der Waals surface area (Å²) >= 11 is 0. The number of rotatable bonds is 5. The Labute approximate surface area is 218 Å². The summed E-state index contributed by atoms with van der Waals surface area (Å²) in [5.74, 6) is 0.296. The molecule has 0 spiro atoms. The van der Waals surface area contributed by atoms with Crippen molar-refractivity contribution in [2.45, 2.75) is 118 Å². The third-order valence-corrected chi connectivity index (χ3v) is 12.4. The van der Waals surface area contributed by atoms with Crippen LogP contribution in [0.2, 0.25) is 0 Å². The number of aliphatic hydroxyl groups is 3. The SMILES string of the molecule is COC(=O)C(C)=CC(O)CC(C)C1(C)CC=C2C3CCC4C(C)(C)C(O)CCC4(C)C3(O)CCC21C. The third kappa shape index (κ3) is 3.70. The molecule has 4 rings (SSSR count). The maximum absolute atomic E-state index is 12.5. The Morgan fingerprint density at radius 3 is 2.44 bits per heavy atom. The zero-order valence-electron chi connectivity index (χ0n) is 23.9. The van der Waals surface area contributed by atoms with Crippen LogP contribution < -0.4 is 0 Å². The molecule has 204 valence electrons. The van der Waals surface area contributed by atoms with E-state index in [1.807, 2.05) is 0 Å². The quantitative estimate of drug-likeness (QED) is 0.260. The number of carbonyl (C=O) groups excluding carboxylic acids is 1. The maximum atomic E-state index is 12.5. The zero-order chi connectivity index (χ0) is 26.9. The third-order valence-electron chi connectivity index (χ3n) is 12.4. The molecular weight excluding hydrogens is 452 g/mol. The van der Waals surface area contributed by atoms with Gasteiger partial charge in [0.15, 0.2) is 0 Å². The van der Waals surface area contributed by atoms with E-state index in [9.17, 15) is 20.1 Å². The molecule has 9 unspecified atom stereocenters. The summed E-state index contributed by atoms with van der Waals surface area (Å²) in [7, 11) is 1.36. The molecule has 5 nitrogen and oxygen atoms in total. The molecule has 4 aliphatic carbocycles. The van der Waals surface area contributed by atoms with Crippen molar-refractivity contribution >= 4 is 5.97 Å². The number of hydrogen-bond acceptors (Lipinski definition) is 5. The summed E-state index contributed by atoms with van der Waals surface area (Å²) < 4.78 is 4.78. The van der Waals surface area contributed by atoms with Crippen LogP contribution in [0.4, 0.5) is 0 Å². The molecule has 3 fully saturated rings. The van der Waals surface area contributed by atoms with E-state index in [1.54, 1.807) is 13.0 Å². The highest BCUT2D eigenvalue weighted by molar-refractivity contribution is 5.87. The van der Waals surface area contributed by atoms with E-state index in [4.69, 9.17) is 4.74 Å². The first kappa shape index (κ1) is 27.9. The molecule has 0 saturated heterocycles. The van der Waals surface area contributed by atoms with Crippen molar-refractivity contribution in [3.63, 3.8) is 0 Å². The van der Waals surface area contributed by atoms with Gasteiger partial charge in [-0.2, -0.15) is 0 Å². The zero-order valence-corrected chi connectivity index (χ0v) is 23.9. The molecule has 0 aromatic heterocycles. The van der Waals surface area contributed by atoms with Crippen molar-refractivity contribution in [1.29, 1.82) is 0 Å². The first-order valence-electron chi connectivity index (χ1n) is 14.1. The maximum Gasteiger partial charge on any atom is 0.333 e. The lowest BCUT2D eigenvalue weighted by Gasteiger charge is -2.68. The lowest BCUT2D eigenvalue weighted by Crippen LogP contribution is -2.67. The predicted octanol–water partition coefficient (Wildman–Crippen LogP) is 5.57. The molecule has 3 saturated carbocycles. The molecule has 0 bridgehead atoms. The summed E-state index contributed by atoms with van der Waals surface area (Å²) in [6, 6.07) is 0. The van der Waals surface area contributed by atoms with Gasteiger partial charge in [-0.15, -0.1) is 0 Å². The molecule has 4 aliphatic rings. The average Bonchev–Trinajstić information content (AvgIpc) is 3.08. The number of hydrogen-bond donors (Lipinski definition) is 3. The number of carbonyl (C=O) groups is 1. The normalized spacial score (nSPS) is 45.6. The van der Waals surface area contributed by atoms with Gasteiger partial charge in [0.05, 0.1) is 24.9 Å². The molecular formula is C31H50O5. The minimum absolute atomic E-state index is 0.0303. The van der Waals surface area contributed by atoms with Gasteiger partial charge in [-0.1, -0.05) is 53.2 Å². The fourth-order valence-corrected chi connectivity index (χ4v) is 9.54. The van der Waals surface area contributed by atoms with Gasteiger partial charge in [0.2, 0.25) is 0 Å². The summed E-state index contributed by atoms with van der Waals surface area (Å²) in [5, 5.41) is 34.1. The van der Waals surface area contributed by atoms with Crippen LogP contribution in [0.3, 0.4) is 0 Å². The number of allylic oxidation sites excluding steroid dienone is 1. The van der Waals surface area contributed by atoms with Crippen molar-refractivity contribution in [1.82, 2.24) is 0 Å². The van der Waals surface area contributed by atoms with Gasteiger partial charge in [0.25, 0.3) is 0 Å². The van der Waals surface area contributed by atoms with E-state index in [0.29, 0.717) is 17.9 Å². The van der Waals surface area contributed by atoms with Crippen LogP contribution in [-0.4, -0.2) is 46.2 Å². The predicted molar refractivity (Wildman–Crippen MR) is 142 cm³/mol. The Morgan fingerprint density at radius 2 is 1.81 bits per heavy atom. The van der Waals surface area contributed by atoms with Crippen LogP contribution in [0.1, 0.15) is 99.8 Å². The van der Waals surface area contributed by atoms with Gasteiger partial charge < -0.3 is 20.1 Å². The molecule has 0 aliphatic heterocycles. The smallest absolute Gasteiger partial charge is 0.333 e. The minimum Gasteiger partial charge on any atom is -0.466 e. The standard InChI is InChI=1S/C31H50O5/c1-19(26(34)36-8)17-21(32)18-20(2)28(5)13-11-22-23-9-10-24-27(3,4)25(33)12-14-30(24,7)31(23,35)16-15-29(22,28)6/h11,17,20-21,23-25,32-33,35H,9-10,12-16,18H2,1-8H3. The lowest BCUT2D eigenvalue weighted by atomic mass is 9.39. The molecule has 5 heteroatoms. The van der Waals surface area contributed by atoms with Gasteiger partial charge >= 0.3 is 5.97 Å². The number of fused-ring (bicyclic) bond motifs is 5. The van der Waals surface area contributed by atoms with Gasteiger partial charge in [-0.25, -0.2) is 4.79 Å². The van der Waals surface area contributed by atoms with Crippen molar-refractivity contribution in [2.24, 2.45) is 39.4 Å². The Morgan fingerprint density at radius 1 is 1.14 bits per heavy atom. The van der Waals surface area contributed by atoms with E-state index in [-0.39, 0.29) is 39.6 Å². The Bertz CT molecular complexity index is 951. The van der Waals surface area contributed by atoms with Crippen LogP contribution in [0.5, 0.6) is 0 Å². The Balaban J connectivity index is 1.59. The number of esters is 1. The number of methoxy groups -OCH3 is 1. The van der Waals surface area contributed by atoms with Gasteiger partial charge in [-0.3, -0.25) is 0 Å². The molecule has 3 N–H and O–H groups in total. The molecule has 0 radical (unpaired) electrons. The van der Waals surface area contributed by atoms with E-state index in [0.717, 1.165) is 44.9 Å². The van der Waals surface area contributed by atoms with Crippen molar-refractivity contribution < 1.29 is 24.9 Å². The fraction of sp³-hybridized carbons (Fsp3) is 0.839. The van der Waals surface area contributed by atoms with Crippen LogP contribution in [-0.2, 0) is 9.53 Å². The minimum atomic E-state index is -0.743. The molecule has 36 heavy (non-hydrogen) atoms. The monoisotopic (exact) mass is 502 g/mol. The first-order chi connectivity index (χ1) is 16.6. The van der Waals surface area contributed by atoms with Crippen molar-refractivity contribution in [2.75, 3.05) is 7.11 Å². The van der Waals surface area contributed by atoms with Crippen LogP contribution in [0.15, 0.2) is 23.3 Å². The highest BCUT2D eigenvalue weighted by Gasteiger charge is 2.69. The Kier molecular flexibility index (Phi) is 6.92.